The Bertz CT molecular complexity index is 572. The molecule has 0 saturated heterocycles. The van der Waals surface area contributed by atoms with Gasteiger partial charge in [0.25, 0.3) is 0 Å². The summed E-state index contributed by atoms with van der Waals surface area (Å²) in [6, 6.07) is 10.2. The highest BCUT2D eigenvalue weighted by Gasteiger charge is 2.04. The Labute approximate surface area is 124 Å². The van der Waals surface area contributed by atoms with Crippen molar-refractivity contribution >= 4 is 29.1 Å². The molecule has 1 aromatic carbocycles. The van der Waals surface area contributed by atoms with Gasteiger partial charge in [-0.1, -0.05) is 13.0 Å². The molecular weight excluding hydrogens is 268 g/mol. The summed E-state index contributed by atoms with van der Waals surface area (Å²) in [5.41, 5.74) is 1.04. The molecule has 2 N–H and O–H groups in total. The monoisotopic (exact) mass is 288 g/mol. The zero-order valence-electron chi connectivity index (χ0n) is 12.1. The van der Waals surface area contributed by atoms with Gasteiger partial charge in [-0.15, -0.1) is 11.8 Å². The van der Waals surface area contributed by atoms with E-state index in [4.69, 9.17) is 0 Å². The third kappa shape index (κ3) is 3.87. The molecule has 2 rings (SSSR count). The van der Waals surface area contributed by atoms with Gasteiger partial charge in [0.1, 0.15) is 17.5 Å². The highest BCUT2D eigenvalue weighted by molar-refractivity contribution is 7.98. The molecule has 0 aliphatic carbocycles. The molecule has 0 fully saturated rings. The van der Waals surface area contributed by atoms with Crippen LogP contribution in [0.25, 0.3) is 0 Å². The van der Waals surface area contributed by atoms with E-state index in [9.17, 15) is 0 Å². The summed E-state index contributed by atoms with van der Waals surface area (Å²) >= 11 is 1.73. The maximum atomic E-state index is 4.52. The van der Waals surface area contributed by atoms with E-state index in [1.807, 2.05) is 18.2 Å². The topological polar surface area (TPSA) is 49.8 Å². The summed E-state index contributed by atoms with van der Waals surface area (Å²) < 4.78 is 0. The van der Waals surface area contributed by atoms with Crippen LogP contribution < -0.4 is 10.6 Å². The Kier molecular flexibility index (Phi) is 5.24. The van der Waals surface area contributed by atoms with E-state index in [0.717, 1.165) is 36.1 Å². The molecule has 2 aromatic rings. The Balaban J connectivity index is 2.24. The lowest BCUT2D eigenvalue weighted by atomic mass is 10.3. The molecule has 0 radical (unpaired) electrons. The number of hydrogen-bond acceptors (Lipinski definition) is 5. The predicted molar refractivity (Wildman–Crippen MR) is 87.1 cm³/mol. The van der Waals surface area contributed by atoms with Crippen LogP contribution in [0.1, 0.15) is 19.7 Å². The van der Waals surface area contributed by atoms with Crippen LogP contribution in [0, 0.1) is 0 Å². The van der Waals surface area contributed by atoms with Gasteiger partial charge in [-0.3, -0.25) is 0 Å². The van der Waals surface area contributed by atoms with Crippen LogP contribution in [0.5, 0.6) is 0 Å². The van der Waals surface area contributed by atoms with Crippen molar-refractivity contribution in [3.8, 4) is 0 Å². The van der Waals surface area contributed by atoms with Crippen molar-refractivity contribution in [1.82, 2.24) is 9.97 Å². The quantitative estimate of drug-likeness (QED) is 0.789. The third-order valence-corrected chi connectivity index (χ3v) is 3.51. The average Bonchev–Trinajstić information content (AvgIpc) is 2.47. The molecule has 0 saturated carbocycles. The molecule has 4 nitrogen and oxygen atoms in total. The molecular formula is C15H20N4S. The minimum atomic E-state index is 0.818. The lowest BCUT2D eigenvalue weighted by Crippen LogP contribution is -2.05. The fourth-order valence-electron chi connectivity index (χ4n) is 1.84. The van der Waals surface area contributed by atoms with Crippen LogP contribution in [0.4, 0.5) is 17.3 Å². The molecule has 0 atom stereocenters. The molecule has 0 amide bonds. The highest BCUT2D eigenvalue weighted by atomic mass is 32.2. The standard InChI is InChI=1S/C15H20N4S/c1-4-13-18-14(16-5-2)10-15(19-13)17-11-7-6-8-12(9-11)20-3/h6-10H,4-5H2,1-3H3,(H2,16,17,18,19). The lowest BCUT2D eigenvalue weighted by molar-refractivity contribution is 0.939. The molecule has 1 heterocycles. The van der Waals surface area contributed by atoms with E-state index in [0.29, 0.717) is 0 Å². The van der Waals surface area contributed by atoms with Crippen molar-refractivity contribution in [2.75, 3.05) is 23.4 Å². The average molecular weight is 288 g/mol. The number of thioether (sulfide) groups is 1. The maximum absolute atomic E-state index is 4.52. The first-order valence-electron chi connectivity index (χ1n) is 6.78. The van der Waals surface area contributed by atoms with Gasteiger partial charge >= 0.3 is 0 Å². The number of anilines is 3. The number of hydrogen-bond donors (Lipinski definition) is 2. The summed E-state index contributed by atoms with van der Waals surface area (Å²) in [5.74, 6) is 2.53. The summed E-state index contributed by atoms with van der Waals surface area (Å²) in [7, 11) is 0. The van der Waals surface area contributed by atoms with Crippen LogP contribution in [0.15, 0.2) is 35.2 Å². The summed E-state index contributed by atoms with van der Waals surface area (Å²) in [6.07, 6.45) is 2.89. The first kappa shape index (κ1) is 14.7. The van der Waals surface area contributed by atoms with E-state index >= 15 is 0 Å². The minimum Gasteiger partial charge on any atom is -0.370 e. The molecule has 5 heteroatoms. The smallest absolute Gasteiger partial charge is 0.136 e. The van der Waals surface area contributed by atoms with Gasteiger partial charge < -0.3 is 10.6 Å². The third-order valence-electron chi connectivity index (χ3n) is 2.79. The Hall–Kier alpha value is -1.75. The fourth-order valence-corrected chi connectivity index (χ4v) is 2.30. The molecule has 1 aromatic heterocycles. The van der Waals surface area contributed by atoms with Gasteiger partial charge in [0, 0.05) is 29.6 Å². The summed E-state index contributed by atoms with van der Waals surface area (Å²) in [5, 5.41) is 6.58. The fraction of sp³-hybridized carbons (Fsp3) is 0.333. The number of aromatic nitrogens is 2. The minimum absolute atomic E-state index is 0.818. The SMILES string of the molecule is CCNc1cc(Nc2cccc(SC)c2)nc(CC)n1. The van der Waals surface area contributed by atoms with Crippen LogP contribution in [0.2, 0.25) is 0 Å². The van der Waals surface area contributed by atoms with E-state index in [1.54, 1.807) is 11.8 Å². The zero-order chi connectivity index (χ0) is 14.4. The van der Waals surface area contributed by atoms with Gasteiger partial charge in [0.05, 0.1) is 0 Å². The van der Waals surface area contributed by atoms with Gasteiger partial charge in [0.15, 0.2) is 0 Å². The maximum Gasteiger partial charge on any atom is 0.136 e. The van der Waals surface area contributed by atoms with Crippen LogP contribution in [0.3, 0.4) is 0 Å². The van der Waals surface area contributed by atoms with Crippen molar-refractivity contribution in [2.24, 2.45) is 0 Å². The van der Waals surface area contributed by atoms with E-state index in [2.05, 4.69) is 52.8 Å². The van der Waals surface area contributed by atoms with Crippen LogP contribution in [-0.2, 0) is 6.42 Å². The first-order valence-corrected chi connectivity index (χ1v) is 8.00. The lowest BCUT2D eigenvalue weighted by Gasteiger charge is -2.10. The van der Waals surface area contributed by atoms with Crippen molar-refractivity contribution in [3.05, 3.63) is 36.2 Å². The number of nitrogens with zero attached hydrogens (tertiary/aromatic N) is 2. The Morgan fingerprint density at radius 1 is 1.10 bits per heavy atom. The molecule has 0 spiro atoms. The Morgan fingerprint density at radius 3 is 2.60 bits per heavy atom. The van der Waals surface area contributed by atoms with Crippen LogP contribution in [-0.4, -0.2) is 22.8 Å². The van der Waals surface area contributed by atoms with Crippen LogP contribution >= 0.6 is 11.8 Å². The molecule has 20 heavy (non-hydrogen) atoms. The van der Waals surface area contributed by atoms with E-state index in [-0.39, 0.29) is 0 Å². The second-order valence-electron chi connectivity index (χ2n) is 4.30. The van der Waals surface area contributed by atoms with Crippen molar-refractivity contribution in [1.29, 1.82) is 0 Å². The van der Waals surface area contributed by atoms with Crippen molar-refractivity contribution in [3.63, 3.8) is 0 Å². The predicted octanol–water partition coefficient (Wildman–Crippen LogP) is 3.94. The second-order valence-corrected chi connectivity index (χ2v) is 5.18. The number of rotatable bonds is 6. The van der Waals surface area contributed by atoms with Crippen molar-refractivity contribution in [2.45, 2.75) is 25.2 Å². The highest BCUT2D eigenvalue weighted by Crippen LogP contribution is 2.22. The van der Waals surface area contributed by atoms with Gasteiger partial charge in [-0.25, -0.2) is 9.97 Å². The molecule has 0 aliphatic rings. The number of nitrogens with one attached hydrogen (secondary N) is 2. The van der Waals surface area contributed by atoms with Gasteiger partial charge in [-0.05, 0) is 31.4 Å². The molecule has 106 valence electrons. The molecule has 0 unspecified atom stereocenters. The van der Waals surface area contributed by atoms with Gasteiger partial charge in [0.2, 0.25) is 0 Å². The summed E-state index contributed by atoms with van der Waals surface area (Å²) in [6.45, 7) is 4.97. The number of benzene rings is 1. The normalized spacial score (nSPS) is 10.3. The van der Waals surface area contributed by atoms with E-state index < -0.39 is 0 Å². The largest absolute Gasteiger partial charge is 0.370 e. The van der Waals surface area contributed by atoms with Crippen molar-refractivity contribution < 1.29 is 0 Å². The Morgan fingerprint density at radius 2 is 1.90 bits per heavy atom. The summed E-state index contributed by atoms with van der Waals surface area (Å²) in [4.78, 5) is 10.2. The second kappa shape index (κ2) is 7.14. The molecule has 0 bridgehead atoms. The zero-order valence-corrected chi connectivity index (χ0v) is 12.9. The first-order chi connectivity index (χ1) is 9.75. The molecule has 0 aliphatic heterocycles. The van der Waals surface area contributed by atoms with Gasteiger partial charge in [-0.2, -0.15) is 0 Å². The van der Waals surface area contributed by atoms with E-state index in [1.165, 1.54) is 4.90 Å². The number of aryl methyl sites for hydroxylation is 1.